The smallest absolute Gasteiger partial charge is 0.159 e. The Morgan fingerprint density at radius 3 is 1.38 bits per heavy atom. The van der Waals surface area contributed by atoms with Crippen LogP contribution in [0.3, 0.4) is 0 Å². The molecule has 0 aliphatic carbocycles. The Balaban J connectivity index is 1.08. The van der Waals surface area contributed by atoms with Crippen LogP contribution in [0.4, 0.5) is 4.39 Å². The highest BCUT2D eigenvalue weighted by Crippen LogP contribution is 2.39. The van der Waals surface area contributed by atoms with Gasteiger partial charge >= 0.3 is 0 Å². The average Bonchev–Trinajstić information content (AvgIpc) is 3.71. The van der Waals surface area contributed by atoms with Crippen molar-refractivity contribution in [2.75, 3.05) is 0 Å². The Morgan fingerprint density at radius 1 is 0.415 bits per heavy atom. The molecule has 9 heteroatoms. The maximum atomic E-state index is 13.9. The summed E-state index contributed by atoms with van der Waals surface area (Å²) in [4.78, 5) is 17.8. The van der Waals surface area contributed by atoms with Crippen molar-refractivity contribution in [1.29, 1.82) is 0 Å². The minimum Gasteiger partial charge on any atom is -0.457 e. The van der Waals surface area contributed by atoms with Gasteiger partial charge in [0.1, 0.15) is 34.6 Å². The van der Waals surface area contributed by atoms with Crippen LogP contribution in [-0.2, 0) is 0 Å². The van der Waals surface area contributed by atoms with Crippen LogP contribution in [-0.4, -0.2) is 29.1 Å². The van der Waals surface area contributed by atoms with Crippen molar-refractivity contribution >= 4 is 43.6 Å². The summed E-state index contributed by atoms with van der Waals surface area (Å²) in [6, 6.07) is 45.8. The maximum Gasteiger partial charge on any atom is 0.159 e. The molecule has 10 aromatic rings. The van der Waals surface area contributed by atoms with Gasteiger partial charge in [-0.25, -0.2) is 24.3 Å². The summed E-state index contributed by atoms with van der Waals surface area (Å²) in [6.45, 7) is 0. The lowest BCUT2D eigenvalue weighted by atomic mass is 10.1. The molecule has 0 unspecified atom stereocenters. The van der Waals surface area contributed by atoms with Gasteiger partial charge in [-0.2, -0.15) is 0 Å². The highest BCUT2D eigenvalue weighted by Gasteiger charge is 2.17. The van der Waals surface area contributed by atoms with E-state index in [0.717, 1.165) is 67.6 Å². The third-order valence-corrected chi connectivity index (χ3v) is 9.28. The lowest BCUT2D eigenvalue weighted by Crippen LogP contribution is -1.97. The Labute approximate surface area is 302 Å². The van der Waals surface area contributed by atoms with E-state index in [1.54, 1.807) is 12.4 Å². The number of hydrogen-bond donors (Lipinski definition) is 0. The summed E-state index contributed by atoms with van der Waals surface area (Å²) >= 11 is 0. The van der Waals surface area contributed by atoms with Gasteiger partial charge in [-0.3, -0.25) is 9.13 Å². The lowest BCUT2D eigenvalue weighted by Gasteiger charge is -2.13. The van der Waals surface area contributed by atoms with Crippen molar-refractivity contribution in [3.05, 3.63) is 170 Å². The molecule has 0 bridgehead atoms. The number of para-hydroxylation sites is 2. The summed E-state index contributed by atoms with van der Waals surface area (Å²) in [5, 5.41) is 4.39. The van der Waals surface area contributed by atoms with E-state index < -0.39 is 5.82 Å². The summed E-state index contributed by atoms with van der Waals surface area (Å²) in [5.41, 5.74) is 4.60. The monoisotopic (exact) mass is 690 g/mol. The van der Waals surface area contributed by atoms with E-state index in [2.05, 4.69) is 65.5 Å². The van der Waals surface area contributed by atoms with Gasteiger partial charge in [-0.05, 0) is 72.8 Å². The zero-order valence-electron chi connectivity index (χ0n) is 28.0. The van der Waals surface area contributed by atoms with Gasteiger partial charge in [0.25, 0.3) is 0 Å². The number of hydrogen-bond acceptors (Lipinski definition) is 6. The Kier molecular flexibility index (Phi) is 7.14. The van der Waals surface area contributed by atoms with Crippen LogP contribution in [0.5, 0.6) is 23.0 Å². The van der Waals surface area contributed by atoms with Crippen LogP contribution in [0, 0.1) is 5.82 Å². The molecular weight excluding hydrogens is 664 g/mol. The molecule has 5 aromatic heterocycles. The van der Waals surface area contributed by atoms with Gasteiger partial charge in [-0.1, -0.05) is 48.5 Å². The highest BCUT2D eigenvalue weighted by molar-refractivity contribution is 6.10. The van der Waals surface area contributed by atoms with Gasteiger partial charge in [0.2, 0.25) is 0 Å². The summed E-state index contributed by atoms with van der Waals surface area (Å²) in [7, 11) is 0. The number of halogens is 1. The van der Waals surface area contributed by atoms with Crippen LogP contribution in [0.2, 0.25) is 0 Å². The predicted octanol–water partition coefficient (Wildman–Crippen LogP) is 10.9. The van der Waals surface area contributed by atoms with Gasteiger partial charge in [-0.15, -0.1) is 0 Å². The molecule has 0 saturated carbocycles. The zero-order chi connectivity index (χ0) is 35.3. The predicted molar refractivity (Wildman–Crippen MR) is 205 cm³/mol. The van der Waals surface area contributed by atoms with E-state index in [1.807, 2.05) is 103 Å². The van der Waals surface area contributed by atoms with Crippen molar-refractivity contribution in [2.45, 2.75) is 0 Å². The third-order valence-electron chi connectivity index (χ3n) is 9.28. The topological polar surface area (TPSA) is 79.9 Å². The second-order valence-electron chi connectivity index (χ2n) is 12.6. The molecule has 10 rings (SSSR count). The molecule has 0 N–H and O–H groups in total. The first-order valence-corrected chi connectivity index (χ1v) is 17.0. The number of nitrogens with zero attached hydrogens (tertiary/aromatic N) is 6. The summed E-state index contributed by atoms with van der Waals surface area (Å²) in [6.07, 6.45) is 5.86. The van der Waals surface area contributed by atoms with Crippen LogP contribution < -0.4 is 9.47 Å². The van der Waals surface area contributed by atoms with E-state index in [9.17, 15) is 4.39 Å². The SMILES string of the molecule is Fc1cnc(-c2cc(Oc3ccc4c5ccccc5n(-c5ccccn5)c4c3)cc(Oc3ccc4c5ccccc5n(-c5ccccn5)c4c3)c2)nc1. The molecule has 0 amide bonds. The fourth-order valence-electron chi connectivity index (χ4n) is 7.05. The largest absolute Gasteiger partial charge is 0.457 e. The number of ether oxygens (including phenoxy) is 2. The minimum atomic E-state index is -0.522. The van der Waals surface area contributed by atoms with Crippen LogP contribution in [0.25, 0.3) is 66.6 Å². The number of aromatic nitrogens is 6. The molecule has 0 radical (unpaired) electrons. The fraction of sp³-hybridized carbons (Fsp3) is 0. The Hall–Kier alpha value is -7.39. The molecule has 0 aliphatic heterocycles. The van der Waals surface area contributed by atoms with Gasteiger partial charge in [0, 0.05) is 57.7 Å². The first-order chi connectivity index (χ1) is 26.2. The van der Waals surface area contributed by atoms with Crippen molar-refractivity contribution < 1.29 is 13.9 Å². The molecule has 0 spiro atoms. The average molecular weight is 691 g/mol. The molecule has 5 heterocycles. The normalized spacial score (nSPS) is 11.5. The zero-order valence-corrected chi connectivity index (χ0v) is 28.0. The molecule has 5 aromatic carbocycles. The molecular formula is C44H27FN6O2. The Morgan fingerprint density at radius 2 is 0.887 bits per heavy atom. The van der Waals surface area contributed by atoms with E-state index in [4.69, 9.17) is 9.47 Å². The van der Waals surface area contributed by atoms with Gasteiger partial charge in [0.15, 0.2) is 11.6 Å². The number of pyridine rings is 2. The quantitative estimate of drug-likeness (QED) is 0.166. The number of fused-ring (bicyclic) bond motifs is 6. The molecule has 252 valence electrons. The van der Waals surface area contributed by atoms with Crippen LogP contribution >= 0.6 is 0 Å². The lowest BCUT2D eigenvalue weighted by molar-refractivity contribution is 0.461. The minimum absolute atomic E-state index is 0.332. The molecule has 0 aliphatic rings. The van der Waals surface area contributed by atoms with Gasteiger partial charge < -0.3 is 9.47 Å². The summed E-state index contributed by atoms with van der Waals surface area (Å²) < 4.78 is 31.3. The molecule has 0 saturated heterocycles. The fourth-order valence-corrected chi connectivity index (χ4v) is 7.05. The van der Waals surface area contributed by atoms with Crippen molar-refractivity contribution in [1.82, 2.24) is 29.1 Å². The van der Waals surface area contributed by atoms with Crippen molar-refractivity contribution in [2.24, 2.45) is 0 Å². The second kappa shape index (κ2) is 12.4. The van der Waals surface area contributed by atoms with Gasteiger partial charge in [0.05, 0.1) is 34.5 Å². The molecule has 8 nitrogen and oxygen atoms in total. The Bertz CT molecular complexity index is 2780. The van der Waals surface area contributed by atoms with E-state index in [0.29, 0.717) is 34.4 Å². The van der Waals surface area contributed by atoms with E-state index in [-0.39, 0.29) is 0 Å². The van der Waals surface area contributed by atoms with E-state index in [1.165, 1.54) is 0 Å². The van der Waals surface area contributed by atoms with E-state index >= 15 is 0 Å². The summed E-state index contributed by atoms with van der Waals surface area (Å²) in [5.74, 6) is 3.64. The van der Waals surface area contributed by atoms with Crippen LogP contribution in [0.1, 0.15) is 0 Å². The third kappa shape index (κ3) is 5.39. The first kappa shape index (κ1) is 30.4. The van der Waals surface area contributed by atoms with Crippen LogP contribution in [0.15, 0.2) is 164 Å². The highest BCUT2D eigenvalue weighted by atomic mass is 19.1. The standard InChI is InChI=1S/C44H27FN6O2/c45-29-26-48-44(49-27-29)28-21-32(52-30-15-17-36-34-9-1-3-11-38(34)50(40(36)24-30)42-13-5-7-19-46-42)23-33(22-28)53-31-16-18-37-35-10-2-4-12-39(35)51(41(37)25-31)43-14-6-8-20-47-43/h1-27H. The second-order valence-corrected chi connectivity index (χ2v) is 12.6. The molecule has 53 heavy (non-hydrogen) atoms. The van der Waals surface area contributed by atoms with Crippen molar-refractivity contribution in [3.8, 4) is 46.0 Å². The maximum absolute atomic E-state index is 13.9. The molecule has 0 fully saturated rings. The molecule has 0 atom stereocenters. The first-order valence-electron chi connectivity index (χ1n) is 17.0. The number of rotatable bonds is 7. The van der Waals surface area contributed by atoms with Crippen molar-refractivity contribution in [3.63, 3.8) is 0 Å². The number of benzene rings is 5.